The van der Waals surface area contributed by atoms with Crippen molar-refractivity contribution in [2.45, 2.75) is 19.8 Å². The first kappa shape index (κ1) is 15.8. The molecule has 1 fully saturated rings. The number of aryl methyl sites for hydroxylation is 1. The van der Waals surface area contributed by atoms with Gasteiger partial charge in [-0.25, -0.2) is 0 Å². The summed E-state index contributed by atoms with van der Waals surface area (Å²) >= 11 is 3.47. The molecular formula is C14H21BrClNO. The Bertz CT molecular complexity index is 386. The van der Waals surface area contributed by atoms with E-state index in [0.717, 1.165) is 23.4 Å². The van der Waals surface area contributed by atoms with Crippen LogP contribution >= 0.6 is 28.3 Å². The highest BCUT2D eigenvalue weighted by Gasteiger charge is 2.17. The highest BCUT2D eigenvalue weighted by atomic mass is 79.9. The molecule has 4 heteroatoms. The fourth-order valence-corrected chi connectivity index (χ4v) is 2.87. The molecule has 0 saturated carbocycles. The van der Waals surface area contributed by atoms with Crippen molar-refractivity contribution in [2.75, 3.05) is 26.7 Å². The van der Waals surface area contributed by atoms with Gasteiger partial charge < -0.3 is 9.64 Å². The van der Waals surface area contributed by atoms with Crippen LogP contribution in [0.2, 0.25) is 0 Å². The number of halogens is 2. The van der Waals surface area contributed by atoms with E-state index in [0.29, 0.717) is 5.92 Å². The fourth-order valence-electron chi connectivity index (χ4n) is 2.39. The van der Waals surface area contributed by atoms with Crippen molar-refractivity contribution >= 4 is 28.3 Å². The molecule has 1 aliphatic heterocycles. The van der Waals surface area contributed by atoms with Crippen LogP contribution in [0.4, 0.5) is 0 Å². The third-order valence-corrected chi connectivity index (χ3v) is 3.83. The molecule has 18 heavy (non-hydrogen) atoms. The normalized spacial score (nSPS) is 20.3. The van der Waals surface area contributed by atoms with E-state index in [1.165, 1.54) is 24.9 Å². The van der Waals surface area contributed by atoms with Gasteiger partial charge in [0, 0.05) is 16.9 Å². The molecule has 1 unspecified atom stereocenters. The van der Waals surface area contributed by atoms with Crippen LogP contribution in [0.5, 0.6) is 5.75 Å². The molecule has 0 amide bonds. The van der Waals surface area contributed by atoms with Crippen LogP contribution in [0.15, 0.2) is 22.7 Å². The van der Waals surface area contributed by atoms with Crippen molar-refractivity contribution in [3.63, 3.8) is 0 Å². The van der Waals surface area contributed by atoms with E-state index in [9.17, 15) is 0 Å². The molecule has 2 rings (SSSR count). The smallest absolute Gasteiger partial charge is 0.122 e. The summed E-state index contributed by atoms with van der Waals surface area (Å²) in [5.41, 5.74) is 1.20. The number of ether oxygens (including phenoxy) is 1. The Hall–Kier alpha value is -0.250. The van der Waals surface area contributed by atoms with Gasteiger partial charge in [-0.1, -0.05) is 15.9 Å². The van der Waals surface area contributed by atoms with Gasteiger partial charge in [0.15, 0.2) is 0 Å². The van der Waals surface area contributed by atoms with E-state index in [2.05, 4.69) is 40.9 Å². The molecule has 0 radical (unpaired) electrons. The zero-order chi connectivity index (χ0) is 12.3. The summed E-state index contributed by atoms with van der Waals surface area (Å²) in [4.78, 5) is 2.39. The van der Waals surface area contributed by atoms with Crippen molar-refractivity contribution in [3.05, 3.63) is 28.2 Å². The summed E-state index contributed by atoms with van der Waals surface area (Å²) in [5, 5.41) is 0. The minimum Gasteiger partial charge on any atom is -0.493 e. The van der Waals surface area contributed by atoms with Crippen molar-refractivity contribution in [2.24, 2.45) is 5.92 Å². The predicted octanol–water partition coefficient (Wildman–Crippen LogP) is 3.90. The first-order valence-corrected chi connectivity index (χ1v) is 7.02. The van der Waals surface area contributed by atoms with Crippen LogP contribution in [0.1, 0.15) is 18.4 Å². The van der Waals surface area contributed by atoms with Gasteiger partial charge in [-0.15, -0.1) is 12.4 Å². The Labute approximate surface area is 124 Å². The van der Waals surface area contributed by atoms with Gasteiger partial charge in [0.25, 0.3) is 0 Å². The number of nitrogens with zero attached hydrogens (tertiary/aromatic N) is 1. The van der Waals surface area contributed by atoms with Gasteiger partial charge in [-0.2, -0.15) is 0 Å². The zero-order valence-corrected chi connectivity index (χ0v) is 13.4. The third-order valence-electron chi connectivity index (χ3n) is 3.33. The summed E-state index contributed by atoms with van der Waals surface area (Å²) in [6.45, 7) is 5.32. The van der Waals surface area contributed by atoms with E-state index in [-0.39, 0.29) is 12.4 Å². The molecule has 1 aromatic rings. The SMILES string of the molecule is Cc1cc(Br)ccc1OCC1CCCN(C)C1.Cl. The number of rotatable bonds is 3. The van der Waals surface area contributed by atoms with Gasteiger partial charge in [0.05, 0.1) is 6.61 Å². The maximum atomic E-state index is 5.93. The van der Waals surface area contributed by atoms with Crippen molar-refractivity contribution in [3.8, 4) is 5.75 Å². The topological polar surface area (TPSA) is 12.5 Å². The van der Waals surface area contributed by atoms with E-state index in [4.69, 9.17) is 4.74 Å². The summed E-state index contributed by atoms with van der Waals surface area (Å²) < 4.78 is 7.04. The second kappa shape index (κ2) is 7.37. The van der Waals surface area contributed by atoms with E-state index < -0.39 is 0 Å². The molecular weight excluding hydrogens is 314 g/mol. The van der Waals surface area contributed by atoms with Crippen LogP contribution in [0.25, 0.3) is 0 Å². The molecule has 0 aromatic heterocycles. The van der Waals surface area contributed by atoms with Crippen LogP contribution in [0.3, 0.4) is 0 Å². The molecule has 0 bridgehead atoms. The van der Waals surface area contributed by atoms with Crippen LogP contribution in [-0.4, -0.2) is 31.6 Å². The standard InChI is InChI=1S/C14H20BrNO.ClH/c1-11-8-13(15)5-6-14(11)17-10-12-4-3-7-16(2)9-12;/h5-6,8,12H,3-4,7,9-10H2,1-2H3;1H. The molecule has 1 aromatic carbocycles. The van der Waals surface area contributed by atoms with E-state index in [1.807, 2.05) is 12.1 Å². The lowest BCUT2D eigenvalue weighted by Crippen LogP contribution is -2.34. The number of hydrogen-bond donors (Lipinski definition) is 0. The van der Waals surface area contributed by atoms with Gasteiger partial charge in [-0.05, 0) is 57.1 Å². The first-order valence-electron chi connectivity index (χ1n) is 6.22. The molecule has 0 N–H and O–H groups in total. The van der Waals surface area contributed by atoms with Crippen molar-refractivity contribution in [1.82, 2.24) is 4.90 Å². The number of benzene rings is 1. The van der Waals surface area contributed by atoms with Gasteiger partial charge in [-0.3, -0.25) is 0 Å². The van der Waals surface area contributed by atoms with Gasteiger partial charge in [0.1, 0.15) is 5.75 Å². The average Bonchev–Trinajstić information content (AvgIpc) is 2.28. The monoisotopic (exact) mass is 333 g/mol. The maximum absolute atomic E-state index is 5.93. The zero-order valence-electron chi connectivity index (χ0n) is 11.0. The Balaban J connectivity index is 0.00000162. The third kappa shape index (κ3) is 4.45. The lowest BCUT2D eigenvalue weighted by Gasteiger charge is -2.29. The molecule has 1 aliphatic rings. The quantitative estimate of drug-likeness (QED) is 0.831. The first-order chi connectivity index (χ1) is 8.15. The van der Waals surface area contributed by atoms with E-state index >= 15 is 0 Å². The second-order valence-corrected chi connectivity index (χ2v) is 5.91. The Morgan fingerprint density at radius 3 is 2.89 bits per heavy atom. The summed E-state index contributed by atoms with van der Waals surface area (Å²) in [5.74, 6) is 1.69. The summed E-state index contributed by atoms with van der Waals surface area (Å²) in [6.07, 6.45) is 2.59. The minimum atomic E-state index is 0. The molecule has 0 aliphatic carbocycles. The van der Waals surface area contributed by atoms with Gasteiger partial charge >= 0.3 is 0 Å². The number of likely N-dealkylation sites (tertiary alicyclic amines) is 1. The lowest BCUT2D eigenvalue weighted by molar-refractivity contribution is 0.150. The van der Waals surface area contributed by atoms with Crippen molar-refractivity contribution < 1.29 is 4.74 Å². The summed E-state index contributed by atoms with van der Waals surface area (Å²) in [6, 6.07) is 6.18. The minimum absolute atomic E-state index is 0. The molecule has 0 spiro atoms. The molecule has 1 atom stereocenters. The summed E-state index contributed by atoms with van der Waals surface area (Å²) in [7, 11) is 2.19. The van der Waals surface area contributed by atoms with Crippen LogP contribution in [0, 0.1) is 12.8 Å². The highest BCUT2D eigenvalue weighted by Crippen LogP contribution is 2.24. The largest absolute Gasteiger partial charge is 0.493 e. The molecule has 102 valence electrons. The maximum Gasteiger partial charge on any atom is 0.122 e. The van der Waals surface area contributed by atoms with Gasteiger partial charge in [0.2, 0.25) is 0 Å². The molecule has 1 heterocycles. The molecule has 1 saturated heterocycles. The molecule has 2 nitrogen and oxygen atoms in total. The number of piperidine rings is 1. The fraction of sp³-hybridized carbons (Fsp3) is 0.571. The van der Waals surface area contributed by atoms with E-state index in [1.54, 1.807) is 0 Å². The Kier molecular flexibility index (Phi) is 6.47. The number of hydrogen-bond acceptors (Lipinski definition) is 2. The predicted molar refractivity (Wildman–Crippen MR) is 81.8 cm³/mol. The van der Waals surface area contributed by atoms with Crippen molar-refractivity contribution in [1.29, 1.82) is 0 Å². The Morgan fingerprint density at radius 2 is 2.22 bits per heavy atom. The van der Waals surface area contributed by atoms with Crippen LogP contribution in [-0.2, 0) is 0 Å². The lowest BCUT2D eigenvalue weighted by atomic mass is 9.99. The second-order valence-electron chi connectivity index (χ2n) is 4.99. The average molecular weight is 335 g/mol. The highest BCUT2D eigenvalue weighted by molar-refractivity contribution is 9.10. The van der Waals surface area contributed by atoms with Crippen LogP contribution < -0.4 is 4.74 Å². The Morgan fingerprint density at radius 1 is 1.44 bits per heavy atom.